The number of aromatic nitrogens is 1. The van der Waals surface area contributed by atoms with Crippen LogP contribution in [-0.4, -0.2) is 10.5 Å². The van der Waals surface area contributed by atoms with Crippen LogP contribution in [0.25, 0.3) is 22.1 Å². The quantitative estimate of drug-likeness (QED) is 0.257. The van der Waals surface area contributed by atoms with Gasteiger partial charge in [0.25, 0.3) is 5.56 Å². The molecule has 2 heterocycles. The first kappa shape index (κ1) is 25.2. The summed E-state index contributed by atoms with van der Waals surface area (Å²) in [6.07, 6.45) is 1.72. The first-order chi connectivity index (χ1) is 17.6. The summed E-state index contributed by atoms with van der Waals surface area (Å²) < 4.78 is 23.1. The van der Waals surface area contributed by atoms with Gasteiger partial charge in [0.15, 0.2) is 5.58 Å². The zero-order valence-electron chi connectivity index (χ0n) is 20.8. The molecule has 5 rings (SSSR count). The molecule has 0 saturated heterocycles. The summed E-state index contributed by atoms with van der Waals surface area (Å²) in [5.74, 6) is -0.709. The average Bonchev–Trinajstić information content (AvgIpc) is 3.65. The van der Waals surface area contributed by atoms with Crippen LogP contribution in [0.15, 0.2) is 50.4 Å². The molecule has 1 saturated carbocycles. The Hall–Kier alpha value is -3.47. The second kappa shape index (κ2) is 9.44. The molecule has 9 heteroatoms. The number of rotatable bonds is 5. The van der Waals surface area contributed by atoms with E-state index in [1.807, 2.05) is 42.5 Å². The molecule has 0 unspecified atom stereocenters. The van der Waals surface area contributed by atoms with Crippen LogP contribution in [0.4, 0.5) is 21.5 Å². The molecule has 2 aromatic heterocycles. The van der Waals surface area contributed by atoms with Crippen molar-refractivity contribution in [3.63, 3.8) is 0 Å². The fourth-order valence-electron chi connectivity index (χ4n) is 4.76. The zero-order chi connectivity index (χ0) is 26.6. The third-order valence-electron chi connectivity index (χ3n) is 6.75. The largest absolute Gasteiger partial charge is 0.421 e. The molecule has 7 nitrogen and oxygen atoms in total. The van der Waals surface area contributed by atoms with Crippen molar-refractivity contribution >= 4 is 56.5 Å². The van der Waals surface area contributed by atoms with Crippen LogP contribution >= 0.6 is 22.6 Å². The molecule has 0 aliphatic heterocycles. The van der Waals surface area contributed by atoms with E-state index in [4.69, 9.17) is 4.42 Å². The van der Waals surface area contributed by atoms with E-state index >= 15 is 0 Å². The van der Waals surface area contributed by atoms with E-state index in [0.717, 1.165) is 27.5 Å². The maximum Gasteiger partial charge on any atom is 0.341 e. The first-order valence-electron chi connectivity index (χ1n) is 11.9. The molecule has 1 aliphatic carbocycles. The lowest BCUT2D eigenvalue weighted by molar-refractivity contribution is -0.114. The second-order valence-electron chi connectivity index (χ2n) is 9.37. The normalized spacial score (nSPS) is 13.1. The Morgan fingerprint density at radius 1 is 1.08 bits per heavy atom. The van der Waals surface area contributed by atoms with Gasteiger partial charge in [-0.15, -0.1) is 0 Å². The molecule has 0 bridgehead atoms. The van der Waals surface area contributed by atoms with E-state index < -0.39 is 11.4 Å². The number of hydrogen-bond donors (Lipinski definition) is 2. The molecule has 0 atom stereocenters. The number of nitrogens with zero attached hydrogens (tertiary/aromatic N) is 1. The van der Waals surface area contributed by atoms with Crippen molar-refractivity contribution in [2.45, 2.75) is 46.6 Å². The second-order valence-corrected chi connectivity index (χ2v) is 10.6. The SMILES string of the molecule is CC(=O)Nc1cccc(-c2c(C)n(C3CC3)c(=O)c3c(Nc4ccc(I)cc4F)c(C)c(=O)oc23)c1C. The molecule has 2 N–H and O–H groups in total. The smallest absolute Gasteiger partial charge is 0.341 e. The Kier molecular flexibility index (Phi) is 6.43. The summed E-state index contributed by atoms with van der Waals surface area (Å²) in [4.78, 5) is 38.8. The van der Waals surface area contributed by atoms with Crippen molar-refractivity contribution < 1.29 is 13.6 Å². The van der Waals surface area contributed by atoms with E-state index in [2.05, 4.69) is 10.6 Å². The van der Waals surface area contributed by atoms with Crippen molar-refractivity contribution in [1.29, 1.82) is 0 Å². The van der Waals surface area contributed by atoms with Crippen LogP contribution in [0.2, 0.25) is 0 Å². The number of amides is 1. The Labute approximate surface area is 225 Å². The van der Waals surface area contributed by atoms with Crippen molar-refractivity contribution in [2.24, 2.45) is 0 Å². The Bertz CT molecular complexity index is 1720. The standard InChI is InChI=1S/C28H25FIN3O4/c1-13-19(6-5-7-21(13)31-16(4)34)23-15(3)33(18-9-10-18)27(35)24-25(14(2)28(36)37-26(23)24)32-22-11-8-17(30)12-20(22)29/h5-8,11-12,18,32H,9-10H2,1-4H3,(H,31,34). The van der Waals surface area contributed by atoms with Crippen LogP contribution < -0.4 is 21.8 Å². The summed E-state index contributed by atoms with van der Waals surface area (Å²) >= 11 is 2.02. The van der Waals surface area contributed by atoms with E-state index in [-0.39, 0.29) is 45.4 Å². The molecule has 1 aliphatic rings. The van der Waals surface area contributed by atoms with Crippen molar-refractivity contribution in [1.82, 2.24) is 4.57 Å². The highest BCUT2D eigenvalue weighted by molar-refractivity contribution is 14.1. The minimum atomic E-state index is -0.624. The summed E-state index contributed by atoms with van der Waals surface area (Å²) in [6.45, 7) is 6.69. The van der Waals surface area contributed by atoms with E-state index in [1.54, 1.807) is 35.8 Å². The van der Waals surface area contributed by atoms with Crippen LogP contribution in [0.1, 0.15) is 42.6 Å². The van der Waals surface area contributed by atoms with Crippen molar-refractivity contribution in [3.8, 4) is 11.1 Å². The molecular formula is C28H25FIN3O4. The Balaban J connectivity index is 1.88. The molecule has 0 radical (unpaired) electrons. The highest BCUT2D eigenvalue weighted by Crippen LogP contribution is 2.42. The van der Waals surface area contributed by atoms with Crippen molar-refractivity contribution in [3.05, 3.63) is 83.4 Å². The number of benzene rings is 2. The van der Waals surface area contributed by atoms with Crippen LogP contribution in [0, 0.1) is 30.2 Å². The van der Waals surface area contributed by atoms with Gasteiger partial charge in [0.05, 0.1) is 16.9 Å². The van der Waals surface area contributed by atoms with Gasteiger partial charge in [-0.25, -0.2) is 9.18 Å². The number of halogens is 2. The van der Waals surface area contributed by atoms with Gasteiger partial charge in [-0.05, 0) is 91.6 Å². The summed E-state index contributed by atoms with van der Waals surface area (Å²) in [5, 5.41) is 6.04. The monoisotopic (exact) mass is 613 g/mol. The molecule has 4 aromatic rings. The van der Waals surface area contributed by atoms with Gasteiger partial charge in [0.2, 0.25) is 5.91 Å². The highest BCUT2D eigenvalue weighted by atomic mass is 127. The number of nitrogens with one attached hydrogen (secondary N) is 2. The fraction of sp³-hybridized carbons (Fsp3) is 0.250. The van der Waals surface area contributed by atoms with Gasteiger partial charge in [-0.1, -0.05) is 12.1 Å². The minimum absolute atomic E-state index is 0.0320. The summed E-state index contributed by atoms with van der Waals surface area (Å²) in [5.41, 5.74) is 3.14. The lowest BCUT2D eigenvalue weighted by Crippen LogP contribution is -2.25. The molecule has 0 spiro atoms. The lowest BCUT2D eigenvalue weighted by Gasteiger charge is -2.21. The summed E-state index contributed by atoms with van der Waals surface area (Å²) in [6, 6.07) is 10.2. The van der Waals surface area contributed by atoms with E-state index in [9.17, 15) is 18.8 Å². The molecule has 1 fully saturated rings. The number of carbonyl (C=O) groups excluding carboxylic acids is 1. The van der Waals surface area contributed by atoms with Gasteiger partial charge >= 0.3 is 5.63 Å². The lowest BCUT2D eigenvalue weighted by atomic mass is 9.95. The topological polar surface area (TPSA) is 93.3 Å². The summed E-state index contributed by atoms with van der Waals surface area (Å²) in [7, 11) is 0. The van der Waals surface area contributed by atoms with Gasteiger partial charge in [-0.3, -0.25) is 9.59 Å². The van der Waals surface area contributed by atoms with Gasteiger partial charge in [0.1, 0.15) is 11.2 Å². The van der Waals surface area contributed by atoms with Crippen LogP contribution in [0.3, 0.4) is 0 Å². The van der Waals surface area contributed by atoms with E-state index in [0.29, 0.717) is 16.9 Å². The predicted octanol–water partition coefficient (Wildman–Crippen LogP) is 6.33. The van der Waals surface area contributed by atoms with E-state index in [1.165, 1.54) is 13.0 Å². The van der Waals surface area contributed by atoms with Crippen LogP contribution in [0.5, 0.6) is 0 Å². The third-order valence-corrected chi connectivity index (χ3v) is 7.42. The molecular weight excluding hydrogens is 588 g/mol. The molecule has 1 amide bonds. The Morgan fingerprint density at radius 3 is 2.46 bits per heavy atom. The maximum absolute atomic E-state index is 14.8. The number of carbonyl (C=O) groups is 1. The van der Waals surface area contributed by atoms with Crippen LogP contribution in [-0.2, 0) is 4.79 Å². The van der Waals surface area contributed by atoms with Gasteiger partial charge in [0, 0.05) is 33.5 Å². The molecule has 37 heavy (non-hydrogen) atoms. The average molecular weight is 613 g/mol. The number of pyridine rings is 1. The molecule has 190 valence electrons. The Morgan fingerprint density at radius 2 is 1.81 bits per heavy atom. The highest BCUT2D eigenvalue weighted by Gasteiger charge is 2.31. The number of anilines is 3. The number of hydrogen-bond acceptors (Lipinski definition) is 5. The minimum Gasteiger partial charge on any atom is -0.421 e. The fourth-order valence-corrected chi connectivity index (χ4v) is 5.22. The van der Waals surface area contributed by atoms with Gasteiger partial charge < -0.3 is 19.6 Å². The predicted molar refractivity (Wildman–Crippen MR) is 151 cm³/mol. The third kappa shape index (κ3) is 4.45. The van der Waals surface area contributed by atoms with Crippen molar-refractivity contribution in [2.75, 3.05) is 10.6 Å². The van der Waals surface area contributed by atoms with Gasteiger partial charge in [-0.2, -0.15) is 0 Å². The molecule has 2 aromatic carbocycles. The zero-order valence-corrected chi connectivity index (χ0v) is 22.9. The number of fused-ring (bicyclic) bond motifs is 1. The first-order valence-corrected chi connectivity index (χ1v) is 13.0. The maximum atomic E-state index is 14.8.